The lowest BCUT2D eigenvalue weighted by atomic mass is 10.3. The van der Waals surface area contributed by atoms with Crippen LogP contribution in [0.1, 0.15) is 10.4 Å². The first kappa shape index (κ1) is 15.4. The lowest BCUT2D eigenvalue weighted by Crippen LogP contribution is -2.12. The summed E-state index contributed by atoms with van der Waals surface area (Å²) in [5, 5.41) is 5.48. The molecule has 0 aromatic carbocycles. The summed E-state index contributed by atoms with van der Waals surface area (Å²) in [6, 6.07) is 6.03. The third kappa shape index (κ3) is 5.20. The zero-order valence-electron chi connectivity index (χ0n) is 11.3. The van der Waals surface area contributed by atoms with Crippen LogP contribution in [0.4, 0.5) is 0 Å². The van der Waals surface area contributed by atoms with Crippen LogP contribution in [0.2, 0.25) is 0 Å². The zero-order valence-corrected chi connectivity index (χ0v) is 13.7. The highest BCUT2D eigenvalue weighted by Crippen LogP contribution is 2.19. The molecule has 0 fully saturated rings. The molecule has 0 aliphatic carbocycles. The Labute approximate surface area is 131 Å². The first-order valence-corrected chi connectivity index (χ1v) is 7.95. The second-order valence-electron chi connectivity index (χ2n) is 4.18. The number of nitrogens with one attached hydrogen (secondary N) is 1. The van der Waals surface area contributed by atoms with E-state index in [1.165, 1.54) is 4.88 Å². The average molecular weight is 357 g/mol. The van der Waals surface area contributed by atoms with Crippen molar-refractivity contribution in [3.63, 3.8) is 0 Å². The third-order valence-electron chi connectivity index (χ3n) is 2.59. The van der Waals surface area contributed by atoms with Crippen molar-refractivity contribution in [2.24, 2.45) is 0 Å². The fourth-order valence-electron chi connectivity index (χ4n) is 1.61. The predicted molar refractivity (Wildman–Crippen MR) is 84.2 cm³/mol. The van der Waals surface area contributed by atoms with Gasteiger partial charge in [0.25, 0.3) is 0 Å². The van der Waals surface area contributed by atoms with E-state index in [1.54, 1.807) is 18.4 Å². The van der Waals surface area contributed by atoms with Crippen molar-refractivity contribution in [3.05, 3.63) is 44.7 Å². The molecule has 0 unspecified atom stereocenters. The molecule has 6 heteroatoms. The molecular weight excluding hydrogens is 340 g/mol. The first-order valence-electron chi connectivity index (χ1n) is 6.28. The van der Waals surface area contributed by atoms with Crippen molar-refractivity contribution >= 4 is 27.3 Å². The number of rotatable bonds is 8. The molecule has 0 aliphatic heterocycles. The lowest BCUT2D eigenvalue weighted by Gasteiger charge is -2.06. The van der Waals surface area contributed by atoms with Crippen molar-refractivity contribution in [1.29, 1.82) is 0 Å². The number of halogens is 1. The van der Waals surface area contributed by atoms with Crippen molar-refractivity contribution in [2.45, 2.75) is 13.1 Å². The van der Waals surface area contributed by atoms with E-state index in [0.29, 0.717) is 19.1 Å². The molecule has 2 aromatic rings. The summed E-state index contributed by atoms with van der Waals surface area (Å²) in [5.41, 5.74) is 1.14. The van der Waals surface area contributed by atoms with Gasteiger partial charge in [-0.05, 0) is 27.6 Å². The third-order valence-corrected chi connectivity index (χ3v) is 4.28. The Balaban J connectivity index is 1.73. The maximum Gasteiger partial charge on any atom is 0.213 e. The SMILES string of the molecule is COCCOc1ccc(CNCc2cc(Br)cs2)cn1. The molecule has 0 aliphatic rings. The van der Waals surface area contributed by atoms with Crippen molar-refractivity contribution in [1.82, 2.24) is 10.3 Å². The van der Waals surface area contributed by atoms with Crippen LogP contribution in [0.5, 0.6) is 5.88 Å². The molecule has 2 heterocycles. The number of pyridine rings is 1. The maximum atomic E-state index is 5.42. The van der Waals surface area contributed by atoms with Crippen LogP contribution in [0, 0.1) is 0 Å². The van der Waals surface area contributed by atoms with E-state index in [-0.39, 0.29) is 0 Å². The second kappa shape index (κ2) is 8.36. The molecule has 0 amide bonds. The minimum absolute atomic E-state index is 0.522. The number of thiophene rings is 1. The van der Waals surface area contributed by atoms with Gasteiger partial charge < -0.3 is 14.8 Å². The van der Waals surface area contributed by atoms with Gasteiger partial charge in [0.05, 0.1) is 6.61 Å². The summed E-state index contributed by atoms with van der Waals surface area (Å²) in [4.78, 5) is 5.57. The zero-order chi connectivity index (χ0) is 14.2. The van der Waals surface area contributed by atoms with E-state index in [2.05, 4.69) is 37.7 Å². The van der Waals surface area contributed by atoms with Gasteiger partial charge in [-0.3, -0.25) is 0 Å². The highest BCUT2D eigenvalue weighted by molar-refractivity contribution is 9.10. The van der Waals surface area contributed by atoms with Gasteiger partial charge in [0, 0.05) is 47.2 Å². The molecule has 0 bridgehead atoms. The van der Waals surface area contributed by atoms with Crippen LogP contribution < -0.4 is 10.1 Å². The molecule has 20 heavy (non-hydrogen) atoms. The molecule has 2 rings (SSSR count). The van der Waals surface area contributed by atoms with Gasteiger partial charge in [-0.15, -0.1) is 11.3 Å². The molecule has 0 atom stereocenters. The van der Waals surface area contributed by atoms with Gasteiger partial charge in [-0.2, -0.15) is 0 Å². The highest BCUT2D eigenvalue weighted by Gasteiger charge is 1.99. The molecular formula is C14H17BrN2O2S. The highest BCUT2D eigenvalue weighted by atomic mass is 79.9. The number of hydrogen-bond acceptors (Lipinski definition) is 5. The summed E-state index contributed by atoms with van der Waals surface area (Å²) in [6.45, 7) is 2.75. The van der Waals surface area contributed by atoms with Crippen molar-refractivity contribution in [2.75, 3.05) is 20.3 Å². The minimum atomic E-state index is 0.522. The van der Waals surface area contributed by atoms with Crippen molar-refractivity contribution < 1.29 is 9.47 Å². The Hall–Kier alpha value is -0.950. The lowest BCUT2D eigenvalue weighted by molar-refractivity contribution is 0.143. The van der Waals surface area contributed by atoms with Gasteiger partial charge in [-0.1, -0.05) is 6.07 Å². The molecule has 2 aromatic heterocycles. The largest absolute Gasteiger partial charge is 0.475 e. The van der Waals surface area contributed by atoms with Gasteiger partial charge in [0.2, 0.25) is 5.88 Å². The fourth-order valence-corrected chi connectivity index (χ4v) is 3.03. The van der Waals surface area contributed by atoms with E-state index in [9.17, 15) is 0 Å². The van der Waals surface area contributed by atoms with E-state index in [1.807, 2.05) is 18.3 Å². The van der Waals surface area contributed by atoms with E-state index in [4.69, 9.17) is 9.47 Å². The Morgan fingerprint density at radius 3 is 2.85 bits per heavy atom. The Kier molecular flexibility index (Phi) is 6.46. The topological polar surface area (TPSA) is 43.4 Å². The van der Waals surface area contributed by atoms with Gasteiger partial charge in [0.1, 0.15) is 6.61 Å². The first-order chi connectivity index (χ1) is 9.78. The summed E-state index contributed by atoms with van der Waals surface area (Å²) in [6.07, 6.45) is 1.83. The molecule has 1 N–H and O–H groups in total. The summed E-state index contributed by atoms with van der Waals surface area (Å²) in [7, 11) is 1.65. The van der Waals surface area contributed by atoms with E-state index >= 15 is 0 Å². The van der Waals surface area contributed by atoms with Crippen LogP contribution in [-0.4, -0.2) is 25.3 Å². The summed E-state index contributed by atoms with van der Waals surface area (Å²) in [5.74, 6) is 0.632. The van der Waals surface area contributed by atoms with Crippen LogP contribution in [0.3, 0.4) is 0 Å². The smallest absolute Gasteiger partial charge is 0.213 e. The number of methoxy groups -OCH3 is 1. The molecule has 4 nitrogen and oxygen atoms in total. The minimum Gasteiger partial charge on any atom is -0.475 e. The normalized spacial score (nSPS) is 10.7. The second-order valence-corrected chi connectivity index (χ2v) is 6.09. The fraction of sp³-hybridized carbons (Fsp3) is 0.357. The quantitative estimate of drug-likeness (QED) is 0.737. The predicted octanol–water partition coefficient (Wildman–Crippen LogP) is 3.22. The summed E-state index contributed by atoms with van der Waals surface area (Å²) < 4.78 is 11.5. The van der Waals surface area contributed by atoms with Crippen molar-refractivity contribution in [3.8, 4) is 5.88 Å². The standard InChI is InChI=1S/C14H17BrN2O2S/c1-18-4-5-19-14-3-2-11(8-17-14)7-16-9-13-6-12(15)10-20-13/h2-3,6,8,10,16H,4-5,7,9H2,1H3. The molecule has 0 saturated carbocycles. The van der Waals surface area contributed by atoms with Gasteiger partial charge in [-0.25, -0.2) is 4.98 Å². The van der Waals surface area contributed by atoms with E-state index in [0.717, 1.165) is 23.1 Å². The monoisotopic (exact) mass is 356 g/mol. The molecule has 0 saturated heterocycles. The molecule has 0 spiro atoms. The number of aromatic nitrogens is 1. The number of nitrogens with zero attached hydrogens (tertiary/aromatic N) is 1. The molecule has 108 valence electrons. The van der Waals surface area contributed by atoms with Crippen LogP contribution in [-0.2, 0) is 17.8 Å². The maximum absolute atomic E-state index is 5.42. The Morgan fingerprint density at radius 2 is 2.20 bits per heavy atom. The van der Waals surface area contributed by atoms with Crippen LogP contribution in [0.25, 0.3) is 0 Å². The van der Waals surface area contributed by atoms with Crippen LogP contribution >= 0.6 is 27.3 Å². The number of hydrogen-bond donors (Lipinski definition) is 1. The van der Waals surface area contributed by atoms with Crippen LogP contribution in [0.15, 0.2) is 34.2 Å². The van der Waals surface area contributed by atoms with Gasteiger partial charge >= 0.3 is 0 Å². The Morgan fingerprint density at radius 1 is 1.30 bits per heavy atom. The number of ether oxygens (including phenoxy) is 2. The van der Waals surface area contributed by atoms with Gasteiger partial charge in [0.15, 0.2) is 0 Å². The average Bonchev–Trinajstić information content (AvgIpc) is 2.87. The summed E-state index contributed by atoms with van der Waals surface area (Å²) >= 11 is 5.19. The molecule has 0 radical (unpaired) electrons. The van der Waals surface area contributed by atoms with E-state index < -0.39 is 0 Å². The Bertz CT molecular complexity index is 516.